The van der Waals surface area contributed by atoms with Gasteiger partial charge in [-0.2, -0.15) is 0 Å². The van der Waals surface area contributed by atoms with Gasteiger partial charge >= 0.3 is 17.9 Å². The highest BCUT2D eigenvalue weighted by atomic mass is 16.5. The van der Waals surface area contributed by atoms with E-state index >= 15 is 0 Å². The number of nitrogens with zero attached hydrogens (tertiary/aromatic N) is 3. The summed E-state index contributed by atoms with van der Waals surface area (Å²) in [6, 6.07) is 0. The summed E-state index contributed by atoms with van der Waals surface area (Å²) < 4.78 is 23.4. The summed E-state index contributed by atoms with van der Waals surface area (Å²) in [7, 11) is 0. The summed E-state index contributed by atoms with van der Waals surface area (Å²) in [5.41, 5.74) is 2.40. The average Bonchev–Trinajstić information content (AvgIpc) is 3.18. The average molecular weight is 474 g/mol. The number of fused-ring (bicyclic) bond motifs is 1. The van der Waals surface area contributed by atoms with E-state index in [4.69, 9.17) is 18.9 Å². The molecule has 1 aliphatic heterocycles. The van der Waals surface area contributed by atoms with Gasteiger partial charge in [-0.25, -0.2) is 14.3 Å². The predicted octanol–water partition coefficient (Wildman–Crippen LogP) is 3.33. The normalized spacial score (nSPS) is 14.1. The molecule has 0 atom stereocenters. The lowest BCUT2D eigenvalue weighted by Crippen LogP contribution is -2.34. The molecule has 0 aliphatic carbocycles. The third-order valence-corrected chi connectivity index (χ3v) is 5.74. The molecule has 0 bridgehead atoms. The van der Waals surface area contributed by atoms with Crippen LogP contribution in [-0.4, -0.2) is 51.7 Å². The highest BCUT2D eigenvalue weighted by Gasteiger charge is 2.34. The quantitative estimate of drug-likeness (QED) is 0.440. The lowest BCUT2D eigenvalue weighted by molar-refractivity contribution is -0.132. The summed E-state index contributed by atoms with van der Waals surface area (Å²) in [5, 5.41) is 7.95. The Balaban J connectivity index is 2.21. The highest BCUT2D eigenvalue weighted by Crippen LogP contribution is 2.44. The first kappa shape index (κ1) is 25.2. The van der Waals surface area contributed by atoms with Gasteiger partial charge in [0, 0.05) is 18.1 Å². The van der Waals surface area contributed by atoms with Crippen LogP contribution in [0.4, 0.5) is 0 Å². The van der Waals surface area contributed by atoms with Gasteiger partial charge in [0.1, 0.15) is 17.1 Å². The van der Waals surface area contributed by atoms with Crippen LogP contribution in [-0.2, 0) is 27.2 Å². The van der Waals surface area contributed by atoms with Gasteiger partial charge in [-0.1, -0.05) is 5.21 Å². The number of esters is 3. The van der Waals surface area contributed by atoms with Crippen molar-refractivity contribution < 1.29 is 33.3 Å². The van der Waals surface area contributed by atoms with E-state index in [1.165, 1.54) is 11.6 Å². The first-order valence-corrected chi connectivity index (χ1v) is 11.3. The molecule has 1 aromatic carbocycles. The van der Waals surface area contributed by atoms with Crippen molar-refractivity contribution in [3.8, 4) is 11.5 Å². The molecule has 1 aliphatic rings. The van der Waals surface area contributed by atoms with Crippen molar-refractivity contribution in [2.24, 2.45) is 0 Å². The van der Waals surface area contributed by atoms with Crippen LogP contribution in [0.3, 0.4) is 0 Å². The monoisotopic (exact) mass is 473 g/mol. The minimum absolute atomic E-state index is 0.0103. The van der Waals surface area contributed by atoms with Crippen molar-refractivity contribution in [1.82, 2.24) is 15.0 Å². The van der Waals surface area contributed by atoms with E-state index in [-0.39, 0.29) is 36.7 Å². The molecular formula is C24H31N3O7. The van der Waals surface area contributed by atoms with Crippen LogP contribution in [0.5, 0.6) is 11.5 Å². The van der Waals surface area contributed by atoms with Crippen LogP contribution in [0.2, 0.25) is 0 Å². The second-order valence-corrected chi connectivity index (χ2v) is 8.71. The lowest BCUT2D eigenvalue weighted by atomic mass is 9.87. The fourth-order valence-corrected chi connectivity index (χ4v) is 3.98. The second kappa shape index (κ2) is 9.82. The number of carbonyl (C=O) groups is 3. The third kappa shape index (κ3) is 4.90. The van der Waals surface area contributed by atoms with Crippen molar-refractivity contribution in [1.29, 1.82) is 0 Å². The molecule has 10 nitrogen and oxygen atoms in total. The number of benzene rings is 1. The van der Waals surface area contributed by atoms with E-state index < -0.39 is 17.9 Å². The van der Waals surface area contributed by atoms with Crippen LogP contribution in [0.25, 0.3) is 0 Å². The molecule has 0 saturated heterocycles. The Morgan fingerprint density at radius 3 is 2.32 bits per heavy atom. The lowest BCUT2D eigenvalue weighted by Gasteiger charge is -2.36. The largest absolute Gasteiger partial charge is 0.487 e. The van der Waals surface area contributed by atoms with Crippen LogP contribution in [0.15, 0.2) is 0 Å². The molecule has 0 saturated carbocycles. The van der Waals surface area contributed by atoms with Gasteiger partial charge < -0.3 is 18.9 Å². The van der Waals surface area contributed by atoms with Gasteiger partial charge in [0.2, 0.25) is 5.69 Å². The molecule has 3 rings (SSSR count). The molecule has 0 fully saturated rings. The number of ether oxygens (including phenoxy) is 4. The van der Waals surface area contributed by atoms with Gasteiger partial charge in [0.25, 0.3) is 0 Å². The number of carbonyl (C=O) groups excluding carboxylic acids is 3. The van der Waals surface area contributed by atoms with E-state index in [1.54, 1.807) is 13.8 Å². The zero-order chi connectivity index (χ0) is 25.2. The van der Waals surface area contributed by atoms with E-state index in [0.29, 0.717) is 17.7 Å². The summed E-state index contributed by atoms with van der Waals surface area (Å²) in [6.45, 7) is 12.7. The predicted molar refractivity (Wildman–Crippen MR) is 121 cm³/mol. The minimum atomic E-state index is -0.774. The van der Waals surface area contributed by atoms with Crippen LogP contribution in [0.1, 0.15) is 84.3 Å². The van der Waals surface area contributed by atoms with E-state index in [2.05, 4.69) is 10.3 Å². The van der Waals surface area contributed by atoms with Gasteiger partial charge in [-0.15, -0.1) is 5.10 Å². The van der Waals surface area contributed by atoms with Crippen molar-refractivity contribution >= 4 is 17.9 Å². The zero-order valence-electron chi connectivity index (χ0n) is 20.7. The molecule has 0 amide bonds. The molecule has 10 heteroatoms. The molecule has 0 unspecified atom stereocenters. The fraction of sp³-hybridized carbons (Fsp3) is 0.542. The van der Waals surface area contributed by atoms with Crippen molar-refractivity contribution in [2.75, 3.05) is 13.2 Å². The Morgan fingerprint density at radius 2 is 1.71 bits per heavy atom. The summed E-state index contributed by atoms with van der Waals surface area (Å²) in [4.78, 5) is 37.1. The molecule has 1 aromatic heterocycles. The fourth-order valence-electron chi connectivity index (χ4n) is 3.98. The molecule has 2 heterocycles. The first-order valence-electron chi connectivity index (χ1n) is 11.3. The Morgan fingerprint density at radius 1 is 1.06 bits per heavy atom. The molecule has 184 valence electrons. The van der Waals surface area contributed by atoms with Gasteiger partial charge in [0.15, 0.2) is 5.69 Å². The Bertz CT molecular complexity index is 1130. The molecular weight excluding hydrogens is 442 g/mol. The van der Waals surface area contributed by atoms with E-state index in [9.17, 15) is 14.4 Å². The summed E-state index contributed by atoms with van der Waals surface area (Å²) in [5.74, 6) is -0.890. The molecule has 0 N–H and O–H groups in total. The number of rotatable bonds is 7. The summed E-state index contributed by atoms with van der Waals surface area (Å²) in [6.07, 6.45) is 1.41. The third-order valence-electron chi connectivity index (χ3n) is 5.74. The smallest absolute Gasteiger partial charge is 0.361 e. The van der Waals surface area contributed by atoms with Crippen molar-refractivity contribution in [3.63, 3.8) is 0 Å². The first-order chi connectivity index (χ1) is 16.0. The Hall–Kier alpha value is -3.43. The van der Waals surface area contributed by atoms with Crippen molar-refractivity contribution in [3.05, 3.63) is 33.6 Å². The van der Waals surface area contributed by atoms with Crippen LogP contribution < -0.4 is 9.47 Å². The minimum Gasteiger partial charge on any atom is -0.487 e. The number of aromatic nitrogens is 3. The molecule has 0 radical (unpaired) electrons. The highest BCUT2D eigenvalue weighted by molar-refractivity contribution is 6.00. The SMILES string of the molecule is CCOC(=O)c1nnn(Cc2c3c(c(C)c(C)c2OC(C)=O)OC(C)(C)CC3)c1C(=O)OCC. The van der Waals surface area contributed by atoms with Gasteiger partial charge in [-0.05, 0) is 65.5 Å². The maximum atomic E-state index is 12.8. The number of hydrogen-bond acceptors (Lipinski definition) is 9. The Kier molecular flexibility index (Phi) is 7.28. The van der Waals surface area contributed by atoms with Crippen molar-refractivity contribution in [2.45, 2.75) is 73.5 Å². The van der Waals surface area contributed by atoms with Gasteiger partial charge in [0.05, 0.1) is 19.8 Å². The van der Waals surface area contributed by atoms with E-state index in [1.807, 2.05) is 27.7 Å². The maximum Gasteiger partial charge on any atom is 0.361 e. The zero-order valence-corrected chi connectivity index (χ0v) is 20.7. The van der Waals surface area contributed by atoms with Crippen LogP contribution >= 0.6 is 0 Å². The standard InChI is InChI=1S/C24H31N3O7/c1-8-31-22(29)18-19(23(30)32-9-2)27(26-25-18)12-17-16-10-11-24(6,7)34-21(16)14(4)13(3)20(17)33-15(5)28/h8-12H2,1-7H3. The number of hydrogen-bond donors (Lipinski definition) is 0. The Labute approximate surface area is 198 Å². The van der Waals surface area contributed by atoms with E-state index in [0.717, 1.165) is 28.9 Å². The molecule has 0 spiro atoms. The van der Waals surface area contributed by atoms with Gasteiger partial charge in [-0.3, -0.25) is 4.79 Å². The molecule has 34 heavy (non-hydrogen) atoms. The second-order valence-electron chi connectivity index (χ2n) is 8.71. The van der Waals surface area contributed by atoms with Crippen LogP contribution in [0, 0.1) is 13.8 Å². The maximum absolute atomic E-state index is 12.8. The summed E-state index contributed by atoms with van der Waals surface area (Å²) >= 11 is 0. The molecule has 2 aromatic rings. The topological polar surface area (TPSA) is 119 Å².